The SMILES string of the molecule is CCC(C(=O)N1CCC(c2cn(C)c3ccccc23)C1)c1ccccc1.CCCCn1cc(C2CCN(C(=C(C(=O)c3ccccc3Cl)c3c(F)ccc(C)c3Cl)N3CCC(c4cn(C)c5ccccc45)C3)C2)c2ccccc21. The topological polar surface area (TPSA) is 58.7 Å². The summed E-state index contributed by atoms with van der Waals surface area (Å²) in [7, 11) is 4.20. The molecule has 3 fully saturated rings. The molecular weight excluding hydrogens is 1020 g/mol. The maximum Gasteiger partial charge on any atom is 0.230 e. The minimum Gasteiger partial charge on any atom is -0.357 e. The molecule has 12 rings (SSSR count). The number of fused-ring (bicyclic) bond motifs is 3. The number of hydrogen-bond donors (Lipinski definition) is 0. The van der Waals surface area contributed by atoms with Crippen LogP contribution >= 0.6 is 23.2 Å². The van der Waals surface area contributed by atoms with E-state index in [0.29, 0.717) is 48.2 Å². The number of Topliss-reactive ketones (excluding diaryl/α,β-unsaturated/α-hetero) is 1. The van der Waals surface area contributed by atoms with E-state index in [-0.39, 0.29) is 45.6 Å². The van der Waals surface area contributed by atoms with Crippen LogP contribution in [0.25, 0.3) is 38.3 Å². The van der Waals surface area contributed by atoms with Gasteiger partial charge in [-0.05, 0) is 103 Å². The van der Waals surface area contributed by atoms with Gasteiger partial charge in [-0.1, -0.05) is 147 Å². The third-order valence-electron chi connectivity index (χ3n) is 17.2. The summed E-state index contributed by atoms with van der Waals surface area (Å²) >= 11 is 13.8. The van der Waals surface area contributed by atoms with Crippen molar-refractivity contribution in [2.45, 2.75) is 89.5 Å². The molecule has 0 N–H and O–H groups in total. The van der Waals surface area contributed by atoms with E-state index in [2.05, 4.69) is 160 Å². The first kappa shape index (κ1) is 53.9. The van der Waals surface area contributed by atoms with Gasteiger partial charge in [0.05, 0.1) is 21.5 Å². The molecule has 3 aliphatic rings. The highest BCUT2D eigenvalue weighted by Crippen LogP contribution is 2.44. The van der Waals surface area contributed by atoms with E-state index in [4.69, 9.17) is 23.2 Å². The van der Waals surface area contributed by atoms with Crippen LogP contribution in [0.2, 0.25) is 10.0 Å². The highest BCUT2D eigenvalue weighted by molar-refractivity contribution is 6.41. The highest BCUT2D eigenvalue weighted by atomic mass is 35.5. The molecule has 0 saturated carbocycles. The molecule has 6 heterocycles. The number of likely N-dealkylation sites (tertiary alicyclic amines) is 3. The van der Waals surface area contributed by atoms with Crippen molar-refractivity contribution in [2.24, 2.45) is 14.1 Å². The minimum atomic E-state index is -0.520. The number of nitrogens with zero attached hydrogens (tertiary/aromatic N) is 6. The van der Waals surface area contributed by atoms with Gasteiger partial charge in [-0.15, -0.1) is 0 Å². The van der Waals surface area contributed by atoms with Crippen LogP contribution in [0, 0.1) is 12.7 Å². The first-order chi connectivity index (χ1) is 38.4. The summed E-state index contributed by atoms with van der Waals surface area (Å²) < 4.78 is 23.2. The number of halogens is 3. The number of para-hydroxylation sites is 3. The van der Waals surface area contributed by atoms with Gasteiger partial charge in [0.25, 0.3) is 0 Å². The summed E-state index contributed by atoms with van der Waals surface area (Å²) in [5.74, 6) is 1.02. The Bertz CT molecular complexity index is 3720. The molecule has 406 valence electrons. The molecule has 1 amide bonds. The molecule has 4 atom stereocenters. The zero-order chi connectivity index (χ0) is 54.9. The van der Waals surface area contributed by atoms with Gasteiger partial charge in [0, 0.05) is 140 Å². The van der Waals surface area contributed by atoms with Gasteiger partial charge < -0.3 is 28.4 Å². The highest BCUT2D eigenvalue weighted by Gasteiger charge is 2.39. The number of unbranched alkanes of at least 4 members (excludes halogenated alkanes) is 1. The second-order valence-electron chi connectivity index (χ2n) is 22.1. The van der Waals surface area contributed by atoms with Crippen molar-refractivity contribution in [3.8, 4) is 0 Å². The third kappa shape index (κ3) is 10.5. The Hall–Kier alpha value is -7.07. The number of rotatable bonds is 14. The average Bonchev–Trinajstić information content (AvgIpc) is 4.56. The van der Waals surface area contributed by atoms with Crippen molar-refractivity contribution in [2.75, 3.05) is 39.3 Å². The summed E-state index contributed by atoms with van der Waals surface area (Å²) in [6.45, 7) is 11.7. The fraction of sp³-hybridized carbons (Fsp3) is 0.324. The molecule has 3 aliphatic heterocycles. The Labute approximate surface area is 474 Å². The molecule has 0 bridgehead atoms. The van der Waals surface area contributed by atoms with Gasteiger partial charge in [0.1, 0.15) is 11.6 Å². The molecule has 6 aromatic carbocycles. The molecule has 0 radical (unpaired) electrons. The Morgan fingerprint density at radius 2 is 1.09 bits per heavy atom. The number of carbonyl (C=O) groups is 2. The van der Waals surface area contributed by atoms with E-state index >= 15 is 9.18 Å². The maximum absolute atomic E-state index is 16.4. The van der Waals surface area contributed by atoms with Gasteiger partial charge >= 0.3 is 0 Å². The van der Waals surface area contributed by atoms with E-state index in [1.165, 1.54) is 55.5 Å². The number of aryl methyl sites for hydroxylation is 4. The fourth-order valence-corrected chi connectivity index (χ4v) is 13.6. The smallest absolute Gasteiger partial charge is 0.230 e. The van der Waals surface area contributed by atoms with Gasteiger partial charge in [-0.3, -0.25) is 9.59 Å². The molecule has 79 heavy (non-hydrogen) atoms. The van der Waals surface area contributed by atoms with Crippen molar-refractivity contribution in [1.29, 1.82) is 0 Å². The fourth-order valence-electron chi connectivity index (χ4n) is 13.1. The molecule has 9 aromatic rings. The molecule has 4 unspecified atom stereocenters. The van der Waals surface area contributed by atoms with Crippen LogP contribution < -0.4 is 0 Å². The van der Waals surface area contributed by atoms with E-state index in [1.807, 2.05) is 25.1 Å². The first-order valence-electron chi connectivity index (χ1n) is 28.4. The van der Waals surface area contributed by atoms with Crippen molar-refractivity contribution in [1.82, 2.24) is 28.4 Å². The lowest BCUT2D eigenvalue weighted by Gasteiger charge is -2.34. The van der Waals surface area contributed by atoms with E-state index in [0.717, 1.165) is 69.5 Å². The van der Waals surface area contributed by atoms with Crippen LogP contribution in [0.1, 0.15) is 120 Å². The summed E-state index contributed by atoms with van der Waals surface area (Å²) in [5.41, 5.74) is 10.3. The first-order valence-corrected chi connectivity index (χ1v) is 29.2. The summed E-state index contributed by atoms with van der Waals surface area (Å²) in [4.78, 5) is 34.9. The Morgan fingerprint density at radius 1 is 0.595 bits per heavy atom. The Morgan fingerprint density at radius 3 is 1.66 bits per heavy atom. The molecular formula is C68H71Cl2FN6O2. The normalized spacial score (nSPS) is 18.2. The van der Waals surface area contributed by atoms with E-state index < -0.39 is 5.82 Å². The van der Waals surface area contributed by atoms with Crippen LogP contribution in [0.15, 0.2) is 164 Å². The number of amides is 1. The molecule has 11 heteroatoms. The molecule has 3 saturated heterocycles. The Kier molecular flexibility index (Phi) is 15.9. The summed E-state index contributed by atoms with van der Waals surface area (Å²) in [6.07, 6.45) is 12.8. The minimum absolute atomic E-state index is 0.0255. The number of aromatic nitrogens is 3. The molecule has 8 nitrogen and oxygen atoms in total. The standard InChI is InChI=1S/C45H45Cl2FN4O.C23H26N2O/c1-4-5-22-50-28-36(33-13-8-11-17-40(33)50)31-21-24-52(26-31)45(51-23-20-30(25-51)35-27-49(3)39-16-10-7-12-32(35)39)42(41-38(48)19-18-29(2)43(41)47)44(53)34-14-6-9-15-37(34)46;1-3-19(17-9-5-4-6-10-17)23(26)25-14-13-18(15-25)21-16-24(2)22-12-8-7-11-20(21)22/h6-19,27-28,30-31H,4-5,20-26H2,1-3H3;4-12,16,18-19H,3,13-15H2,1-2H3. The zero-order valence-corrected chi connectivity index (χ0v) is 47.7. The number of hydrogen-bond acceptors (Lipinski definition) is 4. The summed E-state index contributed by atoms with van der Waals surface area (Å²) in [5, 5.41) is 4.42. The Balaban J connectivity index is 0.000000212. The number of ketones is 1. The van der Waals surface area contributed by atoms with E-state index in [1.54, 1.807) is 30.3 Å². The van der Waals surface area contributed by atoms with Gasteiger partial charge in [-0.25, -0.2) is 4.39 Å². The number of benzene rings is 6. The van der Waals surface area contributed by atoms with Crippen molar-refractivity contribution in [3.05, 3.63) is 219 Å². The van der Waals surface area contributed by atoms with Crippen LogP contribution in [-0.4, -0.2) is 79.4 Å². The number of carbonyl (C=O) groups excluding carboxylic acids is 2. The lowest BCUT2D eigenvalue weighted by atomic mass is 9.93. The lowest BCUT2D eigenvalue weighted by molar-refractivity contribution is -0.131. The van der Waals surface area contributed by atoms with Crippen LogP contribution in [0.5, 0.6) is 0 Å². The lowest BCUT2D eigenvalue weighted by Crippen LogP contribution is -2.35. The molecule has 0 aliphatic carbocycles. The van der Waals surface area contributed by atoms with Crippen LogP contribution in [0.3, 0.4) is 0 Å². The molecule has 0 spiro atoms. The van der Waals surface area contributed by atoms with Gasteiger partial charge in [-0.2, -0.15) is 0 Å². The van der Waals surface area contributed by atoms with Crippen LogP contribution in [0.4, 0.5) is 4.39 Å². The second-order valence-corrected chi connectivity index (χ2v) is 22.9. The van der Waals surface area contributed by atoms with Crippen LogP contribution in [-0.2, 0) is 25.4 Å². The van der Waals surface area contributed by atoms with Gasteiger partial charge in [0.15, 0.2) is 5.78 Å². The van der Waals surface area contributed by atoms with Crippen molar-refractivity contribution in [3.63, 3.8) is 0 Å². The van der Waals surface area contributed by atoms with Crippen molar-refractivity contribution >= 4 is 73.2 Å². The maximum atomic E-state index is 16.4. The zero-order valence-electron chi connectivity index (χ0n) is 46.1. The monoisotopic (exact) mass is 1090 g/mol. The predicted molar refractivity (Wildman–Crippen MR) is 323 cm³/mol. The number of allylic oxidation sites excluding steroid dienone is 1. The quantitative estimate of drug-likeness (QED) is 0.0804. The second kappa shape index (κ2) is 23.3. The molecule has 3 aromatic heterocycles. The van der Waals surface area contributed by atoms with E-state index in [9.17, 15) is 4.79 Å². The summed E-state index contributed by atoms with van der Waals surface area (Å²) in [6, 6.07) is 46.1. The third-order valence-corrected chi connectivity index (χ3v) is 18.1. The largest absolute Gasteiger partial charge is 0.357 e. The van der Waals surface area contributed by atoms with Crippen molar-refractivity contribution < 1.29 is 14.0 Å². The predicted octanol–water partition coefficient (Wildman–Crippen LogP) is 15.9. The van der Waals surface area contributed by atoms with Gasteiger partial charge in [0.2, 0.25) is 5.91 Å². The average molecular weight is 1090 g/mol.